The van der Waals surface area contributed by atoms with E-state index < -0.39 is 53.9 Å². The highest BCUT2D eigenvalue weighted by Gasteiger charge is 2.37. The molecule has 8 nitrogen and oxygen atoms in total. The van der Waals surface area contributed by atoms with Crippen LogP contribution >= 0.6 is 0 Å². The van der Waals surface area contributed by atoms with E-state index >= 15 is 0 Å². The Kier molecular flexibility index (Phi) is 6.96. The molecule has 0 spiro atoms. The lowest BCUT2D eigenvalue weighted by atomic mass is 10.1. The van der Waals surface area contributed by atoms with Crippen LogP contribution in [0.5, 0.6) is 0 Å². The molecule has 0 aromatic heterocycles. The molecule has 3 amide bonds. The summed E-state index contributed by atoms with van der Waals surface area (Å²) in [5.41, 5.74) is -1.93. The summed E-state index contributed by atoms with van der Waals surface area (Å²) in [5, 5.41) is 14.8. The van der Waals surface area contributed by atoms with Gasteiger partial charge in [0.25, 0.3) is 5.91 Å². The Morgan fingerprint density at radius 2 is 1.87 bits per heavy atom. The third-order valence-electron chi connectivity index (χ3n) is 4.15. The molecule has 1 aliphatic heterocycles. The number of carbonyl (C=O) groups excluding carboxylic acids is 3. The minimum Gasteiger partial charge on any atom is -0.444 e. The van der Waals surface area contributed by atoms with Crippen LogP contribution in [0.15, 0.2) is 24.3 Å². The lowest BCUT2D eigenvalue weighted by Crippen LogP contribution is -2.47. The summed E-state index contributed by atoms with van der Waals surface area (Å²) in [6, 6.07) is 3.05. The molecule has 3 N–H and O–H groups in total. The third-order valence-corrected chi connectivity index (χ3v) is 4.15. The number of β-amino-alcohol motifs (C(OH)–C–C–N with tert-alkyl or cyclic N) is 1. The van der Waals surface area contributed by atoms with Gasteiger partial charge in [-0.2, -0.15) is 13.2 Å². The Balaban J connectivity index is 1.86. The summed E-state index contributed by atoms with van der Waals surface area (Å²) >= 11 is 0. The van der Waals surface area contributed by atoms with Crippen molar-refractivity contribution >= 4 is 17.9 Å². The normalized spacial score (nSPS) is 19.4. The van der Waals surface area contributed by atoms with Gasteiger partial charge in [0.15, 0.2) is 0 Å². The van der Waals surface area contributed by atoms with Crippen molar-refractivity contribution in [2.75, 3.05) is 19.6 Å². The van der Waals surface area contributed by atoms with Gasteiger partial charge in [-0.15, -0.1) is 0 Å². The van der Waals surface area contributed by atoms with Crippen molar-refractivity contribution in [3.05, 3.63) is 35.4 Å². The van der Waals surface area contributed by atoms with Gasteiger partial charge in [-0.1, -0.05) is 6.07 Å². The number of hydrogen-bond donors (Lipinski definition) is 3. The SMILES string of the molecule is CC(C)(C)OC(=O)N1CC(O)[C@@H](NC(=O)CNC(=O)c2cccc(C(F)(F)F)c2)C1. The number of hydrogen-bond acceptors (Lipinski definition) is 5. The molecule has 0 bridgehead atoms. The smallest absolute Gasteiger partial charge is 0.416 e. The molecule has 1 saturated heterocycles. The van der Waals surface area contributed by atoms with E-state index in [1.165, 1.54) is 11.0 Å². The second-order valence-corrected chi connectivity index (χ2v) is 7.89. The highest BCUT2D eigenvalue weighted by Crippen LogP contribution is 2.29. The van der Waals surface area contributed by atoms with Crippen LogP contribution in [0.2, 0.25) is 0 Å². The average molecular weight is 431 g/mol. The summed E-state index contributed by atoms with van der Waals surface area (Å²) in [6.45, 7) is 4.57. The van der Waals surface area contributed by atoms with Gasteiger partial charge in [-0.05, 0) is 39.0 Å². The summed E-state index contributed by atoms with van der Waals surface area (Å²) in [4.78, 5) is 37.4. The fourth-order valence-electron chi connectivity index (χ4n) is 2.76. The van der Waals surface area contributed by atoms with Crippen molar-refractivity contribution in [3.63, 3.8) is 0 Å². The Hall–Kier alpha value is -2.82. The van der Waals surface area contributed by atoms with Crippen LogP contribution in [0.1, 0.15) is 36.7 Å². The van der Waals surface area contributed by atoms with Crippen LogP contribution in [0.3, 0.4) is 0 Å². The van der Waals surface area contributed by atoms with Crippen LogP contribution < -0.4 is 10.6 Å². The first kappa shape index (κ1) is 23.5. The molecule has 2 rings (SSSR count). The van der Waals surface area contributed by atoms with Crippen LogP contribution in [0.4, 0.5) is 18.0 Å². The molecule has 1 aromatic rings. The Morgan fingerprint density at radius 1 is 1.20 bits per heavy atom. The van der Waals surface area contributed by atoms with Crippen molar-refractivity contribution in [3.8, 4) is 0 Å². The molecule has 30 heavy (non-hydrogen) atoms. The molecule has 0 radical (unpaired) electrons. The standard InChI is InChI=1S/C19H24F3N3O5/c1-18(2,3)30-17(29)25-9-13(14(26)10-25)24-15(27)8-23-16(28)11-5-4-6-12(7-11)19(20,21)22/h4-7,13-14,26H,8-10H2,1-3H3,(H,23,28)(H,24,27)/t13-,14?/m0/s1. The number of aliphatic hydroxyl groups is 1. The fourth-order valence-corrected chi connectivity index (χ4v) is 2.76. The van der Waals surface area contributed by atoms with Gasteiger partial charge >= 0.3 is 12.3 Å². The molecule has 2 atom stereocenters. The lowest BCUT2D eigenvalue weighted by molar-refractivity contribution is -0.137. The highest BCUT2D eigenvalue weighted by atomic mass is 19.4. The van der Waals surface area contributed by atoms with Crippen molar-refractivity contribution in [2.24, 2.45) is 0 Å². The minimum atomic E-state index is -4.59. The van der Waals surface area contributed by atoms with Crippen molar-refractivity contribution in [1.29, 1.82) is 0 Å². The number of benzene rings is 1. The third kappa shape index (κ3) is 6.61. The second-order valence-electron chi connectivity index (χ2n) is 7.89. The Morgan fingerprint density at radius 3 is 2.47 bits per heavy atom. The maximum atomic E-state index is 12.7. The monoisotopic (exact) mass is 431 g/mol. The number of likely N-dealkylation sites (tertiary alicyclic amines) is 1. The van der Waals surface area contributed by atoms with Crippen LogP contribution in [-0.2, 0) is 15.7 Å². The average Bonchev–Trinajstić information content (AvgIpc) is 2.98. The number of halogens is 3. The van der Waals surface area contributed by atoms with Gasteiger partial charge in [0, 0.05) is 12.1 Å². The summed E-state index contributed by atoms with van der Waals surface area (Å²) in [7, 11) is 0. The first-order chi connectivity index (χ1) is 13.8. The lowest BCUT2D eigenvalue weighted by Gasteiger charge is -2.24. The molecular weight excluding hydrogens is 407 g/mol. The largest absolute Gasteiger partial charge is 0.444 e. The number of alkyl halides is 3. The summed E-state index contributed by atoms with van der Waals surface area (Å²) in [5.74, 6) is -1.51. The molecule has 0 aliphatic carbocycles. The van der Waals surface area contributed by atoms with Crippen molar-refractivity contribution < 1.29 is 37.4 Å². The number of amides is 3. The van der Waals surface area contributed by atoms with E-state index in [-0.39, 0.29) is 18.7 Å². The van der Waals surface area contributed by atoms with E-state index in [1.54, 1.807) is 20.8 Å². The molecule has 0 saturated carbocycles. The first-order valence-corrected chi connectivity index (χ1v) is 9.17. The molecular formula is C19H24F3N3O5. The summed E-state index contributed by atoms with van der Waals surface area (Å²) in [6.07, 6.45) is -6.25. The maximum absolute atomic E-state index is 12.7. The highest BCUT2D eigenvalue weighted by molar-refractivity contribution is 5.96. The number of nitrogens with one attached hydrogen (secondary N) is 2. The van der Waals surface area contributed by atoms with Crippen molar-refractivity contribution in [2.45, 2.75) is 44.7 Å². The molecule has 11 heteroatoms. The molecule has 1 aromatic carbocycles. The van der Waals surface area contributed by atoms with Gasteiger partial charge in [0.1, 0.15) is 5.60 Å². The maximum Gasteiger partial charge on any atom is 0.416 e. The van der Waals surface area contributed by atoms with Gasteiger partial charge in [0.05, 0.1) is 30.8 Å². The van der Waals surface area contributed by atoms with E-state index in [9.17, 15) is 32.7 Å². The van der Waals surface area contributed by atoms with Crippen LogP contribution in [-0.4, -0.2) is 65.3 Å². The predicted molar refractivity (Wildman–Crippen MR) is 99.5 cm³/mol. The van der Waals surface area contributed by atoms with Gasteiger partial charge in [0.2, 0.25) is 5.91 Å². The molecule has 1 fully saturated rings. The number of carbonyl (C=O) groups is 3. The zero-order valence-electron chi connectivity index (χ0n) is 16.7. The minimum absolute atomic E-state index is 0.0173. The quantitative estimate of drug-likeness (QED) is 0.670. The van der Waals surface area contributed by atoms with Crippen LogP contribution in [0, 0.1) is 0 Å². The van der Waals surface area contributed by atoms with Gasteiger partial charge < -0.3 is 25.4 Å². The number of rotatable bonds is 4. The van der Waals surface area contributed by atoms with E-state index in [0.29, 0.717) is 6.07 Å². The molecule has 1 aliphatic rings. The van der Waals surface area contributed by atoms with Gasteiger partial charge in [-0.3, -0.25) is 9.59 Å². The Labute approximate surface area is 171 Å². The van der Waals surface area contributed by atoms with E-state index in [1.807, 2.05) is 0 Å². The first-order valence-electron chi connectivity index (χ1n) is 9.17. The van der Waals surface area contributed by atoms with E-state index in [0.717, 1.165) is 12.1 Å². The second kappa shape index (κ2) is 8.90. The topological polar surface area (TPSA) is 108 Å². The van der Waals surface area contributed by atoms with Crippen molar-refractivity contribution in [1.82, 2.24) is 15.5 Å². The predicted octanol–water partition coefficient (Wildman–Crippen LogP) is 1.53. The molecule has 166 valence electrons. The Bertz CT molecular complexity index is 807. The van der Waals surface area contributed by atoms with Crippen LogP contribution in [0.25, 0.3) is 0 Å². The zero-order chi connectivity index (χ0) is 22.7. The zero-order valence-corrected chi connectivity index (χ0v) is 16.7. The number of ether oxygens (including phenoxy) is 1. The van der Waals surface area contributed by atoms with E-state index in [4.69, 9.17) is 4.74 Å². The van der Waals surface area contributed by atoms with E-state index in [2.05, 4.69) is 10.6 Å². The number of nitrogens with zero attached hydrogens (tertiary/aromatic N) is 1. The van der Waals surface area contributed by atoms with Gasteiger partial charge in [-0.25, -0.2) is 4.79 Å². The summed E-state index contributed by atoms with van der Waals surface area (Å²) < 4.78 is 43.4. The fraction of sp³-hybridized carbons (Fsp3) is 0.526. The number of aliphatic hydroxyl groups excluding tert-OH is 1. The molecule has 1 heterocycles. The molecule has 1 unspecified atom stereocenters.